The van der Waals surface area contributed by atoms with Crippen LogP contribution in [0.15, 0.2) is 18.2 Å². The number of alkyl carbamates (subject to hydrolysis) is 1. The minimum atomic E-state index is -0.886. The molecule has 2 unspecified atom stereocenters. The normalized spacial score (nSPS) is 13.0. The summed E-state index contributed by atoms with van der Waals surface area (Å²) in [5.41, 5.74) is 0.545. The molecule has 0 saturated carbocycles. The van der Waals surface area contributed by atoms with Crippen LogP contribution >= 0.6 is 0 Å². The molecule has 0 fully saturated rings. The Morgan fingerprint density at radius 3 is 2.34 bits per heavy atom. The number of amides is 3. The monoisotopic (exact) mass is 491 g/mol. The van der Waals surface area contributed by atoms with Gasteiger partial charge >= 0.3 is 6.09 Å². The molecule has 0 bridgehead atoms. The lowest BCUT2D eigenvalue weighted by Gasteiger charge is -2.33. The van der Waals surface area contributed by atoms with E-state index in [1.807, 2.05) is 6.92 Å². The van der Waals surface area contributed by atoms with Crippen LogP contribution in [0.25, 0.3) is 0 Å². The standard InChI is InChI=1S/C27H45N3O5/c1-8-10-11-12-16-30(23(32)18-28-26(34)35-27(5,6)7)24(25(33)29-20(4)13-9-2)21-14-15-22(31)19(3)17-21/h14-15,17,20,24,31H,8-13,16,18H2,1-7H3,(H,28,34)(H,29,33). The summed E-state index contributed by atoms with van der Waals surface area (Å²) in [6, 6.07) is 4.01. The summed E-state index contributed by atoms with van der Waals surface area (Å²) in [5.74, 6) is -0.529. The largest absolute Gasteiger partial charge is 0.508 e. The molecule has 3 N–H and O–H groups in total. The maximum atomic E-state index is 13.5. The van der Waals surface area contributed by atoms with Gasteiger partial charge in [0.2, 0.25) is 11.8 Å². The molecule has 1 aromatic rings. The van der Waals surface area contributed by atoms with Crippen LogP contribution in [0.2, 0.25) is 0 Å². The second kappa shape index (κ2) is 14.6. The molecule has 1 rings (SSSR count). The molecule has 35 heavy (non-hydrogen) atoms. The molecular weight excluding hydrogens is 446 g/mol. The highest BCUT2D eigenvalue weighted by Crippen LogP contribution is 2.27. The lowest BCUT2D eigenvalue weighted by molar-refractivity contribution is -0.140. The smallest absolute Gasteiger partial charge is 0.408 e. The number of phenolic OH excluding ortho intramolecular Hbond substituents is 1. The number of carbonyl (C=O) groups is 3. The molecule has 0 aliphatic rings. The first-order chi connectivity index (χ1) is 16.4. The molecule has 0 aliphatic carbocycles. The van der Waals surface area contributed by atoms with Gasteiger partial charge in [0, 0.05) is 12.6 Å². The van der Waals surface area contributed by atoms with E-state index in [9.17, 15) is 19.5 Å². The van der Waals surface area contributed by atoms with E-state index in [0.717, 1.165) is 38.5 Å². The third-order valence-corrected chi connectivity index (χ3v) is 5.56. The van der Waals surface area contributed by atoms with E-state index in [0.29, 0.717) is 17.7 Å². The Hall–Kier alpha value is -2.77. The highest BCUT2D eigenvalue weighted by Gasteiger charge is 2.32. The topological polar surface area (TPSA) is 108 Å². The number of nitrogens with one attached hydrogen (secondary N) is 2. The van der Waals surface area contributed by atoms with Gasteiger partial charge in [0.25, 0.3) is 0 Å². The van der Waals surface area contributed by atoms with Crippen molar-refractivity contribution in [3.05, 3.63) is 29.3 Å². The molecule has 0 saturated heterocycles. The molecule has 3 amide bonds. The van der Waals surface area contributed by atoms with Crippen LogP contribution in [0.3, 0.4) is 0 Å². The maximum Gasteiger partial charge on any atom is 0.408 e. The summed E-state index contributed by atoms with van der Waals surface area (Å²) in [7, 11) is 0. The van der Waals surface area contributed by atoms with Crippen LogP contribution in [0.4, 0.5) is 4.79 Å². The second-order valence-corrected chi connectivity index (χ2v) is 10.2. The van der Waals surface area contributed by atoms with Gasteiger partial charge in [0.1, 0.15) is 23.9 Å². The summed E-state index contributed by atoms with van der Waals surface area (Å²) in [6.07, 6.45) is 4.79. The Labute approximate surface area is 210 Å². The summed E-state index contributed by atoms with van der Waals surface area (Å²) in [6.45, 7) is 13.2. The number of rotatable bonds is 13. The van der Waals surface area contributed by atoms with Crippen molar-refractivity contribution in [1.29, 1.82) is 0 Å². The van der Waals surface area contributed by atoms with Crippen molar-refractivity contribution >= 4 is 17.9 Å². The highest BCUT2D eigenvalue weighted by molar-refractivity contribution is 5.90. The zero-order valence-electron chi connectivity index (χ0n) is 22.6. The fourth-order valence-electron chi connectivity index (χ4n) is 3.82. The molecule has 8 heteroatoms. The van der Waals surface area contributed by atoms with Gasteiger partial charge in [-0.25, -0.2) is 4.79 Å². The molecule has 198 valence electrons. The van der Waals surface area contributed by atoms with E-state index in [1.165, 1.54) is 4.90 Å². The van der Waals surface area contributed by atoms with Gasteiger partial charge in [-0.1, -0.05) is 45.6 Å². The molecule has 0 heterocycles. The molecule has 0 aliphatic heterocycles. The lowest BCUT2D eigenvalue weighted by atomic mass is 10.00. The van der Waals surface area contributed by atoms with Gasteiger partial charge in [-0.2, -0.15) is 0 Å². The maximum absolute atomic E-state index is 13.5. The summed E-state index contributed by atoms with van der Waals surface area (Å²) in [4.78, 5) is 40.6. The number of phenols is 1. The van der Waals surface area contributed by atoms with Crippen molar-refractivity contribution in [2.75, 3.05) is 13.1 Å². The molecule has 0 aromatic heterocycles. The van der Waals surface area contributed by atoms with Crippen molar-refractivity contribution in [1.82, 2.24) is 15.5 Å². The number of ether oxygens (including phenoxy) is 1. The highest BCUT2D eigenvalue weighted by atomic mass is 16.6. The predicted molar refractivity (Wildman–Crippen MR) is 138 cm³/mol. The average Bonchev–Trinajstić information content (AvgIpc) is 2.75. The Kier molecular flexibility index (Phi) is 12.6. The van der Waals surface area contributed by atoms with Crippen LogP contribution in [-0.4, -0.2) is 52.6 Å². The molecular formula is C27H45N3O5. The zero-order valence-corrected chi connectivity index (χ0v) is 22.6. The third kappa shape index (κ3) is 11.0. The first-order valence-corrected chi connectivity index (χ1v) is 12.8. The molecule has 1 aromatic carbocycles. The SMILES string of the molecule is CCCCCCN(C(=O)CNC(=O)OC(C)(C)C)C(C(=O)NC(C)CCC)c1ccc(O)c(C)c1. The fraction of sp³-hybridized carbons (Fsp3) is 0.667. The number of hydrogen-bond acceptors (Lipinski definition) is 5. The van der Waals surface area contributed by atoms with Crippen LogP contribution < -0.4 is 10.6 Å². The van der Waals surface area contributed by atoms with Gasteiger partial charge in [0.15, 0.2) is 0 Å². The van der Waals surface area contributed by atoms with Crippen molar-refractivity contribution in [2.24, 2.45) is 0 Å². The van der Waals surface area contributed by atoms with Gasteiger partial charge in [-0.15, -0.1) is 0 Å². The van der Waals surface area contributed by atoms with E-state index in [1.54, 1.807) is 45.9 Å². The molecule has 0 spiro atoms. The number of carbonyl (C=O) groups excluding carboxylic acids is 3. The average molecular weight is 492 g/mol. The van der Waals surface area contributed by atoms with Crippen molar-refractivity contribution in [2.45, 2.75) is 105 Å². The van der Waals surface area contributed by atoms with Crippen molar-refractivity contribution < 1.29 is 24.2 Å². The predicted octanol–water partition coefficient (Wildman–Crippen LogP) is 4.98. The first kappa shape index (κ1) is 30.3. The van der Waals surface area contributed by atoms with Crippen LogP contribution in [-0.2, 0) is 14.3 Å². The number of nitrogens with zero attached hydrogens (tertiary/aromatic N) is 1. The Balaban J connectivity index is 3.26. The molecule has 0 radical (unpaired) electrons. The fourth-order valence-corrected chi connectivity index (χ4v) is 3.82. The molecule has 8 nitrogen and oxygen atoms in total. The van der Waals surface area contributed by atoms with E-state index >= 15 is 0 Å². The second-order valence-electron chi connectivity index (χ2n) is 10.2. The Morgan fingerprint density at radius 1 is 1.09 bits per heavy atom. The van der Waals surface area contributed by atoms with Crippen molar-refractivity contribution in [3.63, 3.8) is 0 Å². The van der Waals surface area contributed by atoms with Gasteiger partial charge in [-0.05, 0) is 70.7 Å². The number of hydrogen-bond donors (Lipinski definition) is 3. The van der Waals surface area contributed by atoms with Gasteiger partial charge < -0.3 is 25.4 Å². The lowest BCUT2D eigenvalue weighted by Crippen LogP contribution is -2.49. The van der Waals surface area contributed by atoms with E-state index < -0.39 is 17.7 Å². The molecule has 2 atom stereocenters. The van der Waals surface area contributed by atoms with Gasteiger partial charge in [-0.3, -0.25) is 9.59 Å². The van der Waals surface area contributed by atoms with Crippen molar-refractivity contribution in [3.8, 4) is 5.75 Å². The van der Waals surface area contributed by atoms with E-state index in [4.69, 9.17) is 4.74 Å². The number of aromatic hydroxyl groups is 1. The van der Waals surface area contributed by atoms with E-state index in [2.05, 4.69) is 24.5 Å². The third-order valence-electron chi connectivity index (χ3n) is 5.56. The quantitative estimate of drug-likeness (QED) is 0.337. The van der Waals surface area contributed by atoms with Crippen LogP contribution in [0.1, 0.15) is 97.2 Å². The Bertz CT molecular complexity index is 835. The zero-order chi connectivity index (χ0) is 26.6. The van der Waals surface area contributed by atoms with Crippen LogP contribution in [0.5, 0.6) is 5.75 Å². The number of unbranched alkanes of at least 4 members (excludes halogenated alkanes) is 3. The number of benzene rings is 1. The van der Waals surface area contributed by atoms with Gasteiger partial charge in [0.05, 0.1) is 0 Å². The minimum Gasteiger partial charge on any atom is -0.508 e. The summed E-state index contributed by atoms with van der Waals surface area (Å²) in [5, 5.41) is 15.6. The number of aryl methyl sites for hydroxylation is 1. The van der Waals surface area contributed by atoms with Crippen LogP contribution in [0, 0.1) is 6.92 Å². The first-order valence-electron chi connectivity index (χ1n) is 12.8. The minimum absolute atomic E-state index is 0.0508. The Morgan fingerprint density at radius 2 is 1.77 bits per heavy atom. The summed E-state index contributed by atoms with van der Waals surface area (Å²) >= 11 is 0. The summed E-state index contributed by atoms with van der Waals surface area (Å²) < 4.78 is 5.25. The van der Waals surface area contributed by atoms with E-state index in [-0.39, 0.29) is 30.2 Å².